The van der Waals surface area contributed by atoms with Crippen LogP contribution in [0, 0.1) is 5.82 Å². The highest BCUT2D eigenvalue weighted by molar-refractivity contribution is 5.34. The van der Waals surface area contributed by atoms with Gasteiger partial charge in [-0.3, -0.25) is 0 Å². The van der Waals surface area contributed by atoms with E-state index >= 15 is 0 Å². The Morgan fingerprint density at radius 3 is 3.06 bits per heavy atom. The number of nitrogens with one attached hydrogen (secondary N) is 1. The summed E-state index contributed by atoms with van der Waals surface area (Å²) in [5.41, 5.74) is 2.38. The van der Waals surface area contributed by atoms with Crippen molar-refractivity contribution in [3.05, 3.63) is 35.1 Å². The van der Waals surface area contributed by atoms with Crippen molar-refractivity contribution in [2.24, 2.45) is 0 Å². The van der Waals surface area contributed by atoms with Gasteiger partial charge in [0.05, 0.1) is 0 Å². The summed E-state index contributed by atoms with van der Waals surface area (Å²) in [4.78, 5) is 0. The smallest absolute Gasteiger partial charge is 0.123 e. The fourth-order valence-electron chi connectivity index (χ4n) is 2.31. The largest absolute Gasteiger partial charge is 0.396 e. The monoisotopic (exact) mass is 223 g/mol. The van der Waals surface area contributed by atoms with Crippen molar-refractivity contribution >= 4 is 0 Å². The van der Waals surface area contributed by atoms with E-state index in [1.807, 2.05) is 6.07 Å². The normalized spacial score (nSPS) is 18.8. The van der Waals surface area contributed by atoms with E-state index < -0.39 is 0 Å². The molecule has 88 valence electrons. The molecule has 0 saturated heterocycles. The van der Waals surface area contributed by atoms with Crippen LogP contribution in [0.5, 0.6) is 0 Å². The first kappa shape index (κ1) is 11.6. The lowest BCUT2D eigenvalue weighted by Gasteiger charge is -2.13. The fraction of sp³-hybridized carbons (Fsp3) is 0.538. The van der Waals surface area contributed by atoms with Crippen LogP contribution in [-0.4, -0.2) is 18.3 Å². The lowest BCUT2D eigenvalue weighted by atomic mass is 10.1. The van der Waals surface area contributed by atoms with Crippen molar-refractivity contribution in [3.8, 4) is 0 Å². The second-order valence-corrected chi connectivity index (χ2v) is 4.32. The molecule has 2 N–H and O–H groups in total. The molecule has 1 aromatic carbocycles. The van der Waals surface area contributed by atoms with Crippen molar-refractivity contribution in [1.82, 2.24) is 5.32 Å². The molecule has 0 spiro atoms. The molecule has 0 aromatic heterocycles. The molecule has 1 unspecified atom stereocenters. The maximum absolute atomic E-state index is 13.0. The van der Waals surface area contributed by atoms with Gasteiger partial charge in [0, 0.05) is 12.6 Å². The summed E-state index contributed by atoms with van der Waals surface area (Å²) in [6.07, 6.45) is 3.85. The van der Waals surface area contributed by atoms with E-state index in [2.05, 4.69) is 5.32 Å². The number of halogens is 1. The zero-order chi connectivity index (χ0) is 11.4. The molecule has 1 aliphatic rings. The molecule has 0 aliphatic heterocycles. The zero-order valence-electron chi connectivity index (χ0n) is 9.38. The summed E-state index contributed by atoms with van der Waals surface area (Å²) in [7, 11) is 0. The summed E-state index contributed by atoms with van der Waals surface area (Å²) in [5.74, 6) is -0.139. The van der Waals surface area contributed by atoms with Crippen LogP contribution < -0.4 is 5.32 Å². The van der Waals surface area contributed by atoms with Gasteiger partial charge in [-0.15, -0.1) is 0 Å². The minimum atomic E-state index is -0.139. The van der Waals surface area contributed by atoms with Gasteiger partial charge in [-0.2, -0.15) is 0 Å². The van der Waals surface area contributed by atoms with Gasteiger partial charge in [-0.1, -0.05) is 6.07 Å². The van der Waals surface area contributed by atoms with Crippen LogP contribution in [0.25, 0.3) is 0 Å². The number of aliphatic hydroxyl groups is 1. The molecule has 16 heavy (non-hydrogen) atoms. The molecule has 0 saturated carbocycles. The number of fused-ring (bicyclic) bond motifs is 1. The van der Waals surface area contributed by atoms with Crippen molar-refractivity contribution in [2.45, 2.75) is 31.7 Å². The van der Waals surface area contributed by atoms with E-state index in [-0.39, 0.29) is 12.4 Å². The van der Waals surface area contributed by atoms with Gasteiger partial charge in [0.2, 0.25) is 0 Å². The van der Waals surface area contributed by atoms with Crippen LogP contribution in [0.15, 0.2) is 18.2 Å². The van der Waals surface area contributed by atoms with Crippen LogP contribution in [0.3, 0.4) is 0 Å². The summed E-state index contributed by atoms with van der Waals surface area (Å²) < 4.78 is 13.0. The quantitative estimate of drug-likeness (QED) is 0.750. The Bertz CT molecular complexity index is 354. The molecule has 1 atom stereocenters. The maximum Gasteiger partial charge on any atom is 0.123 e. The Labute approximate surface area is 95.5 Å². The molecule has 0 radical (unpaired) electrons. The van der Waals surface area contributed by atoms with Gasteiger partial charge in [-0.05, 0) is 55.5 Å². The minimum Gasteiger partial charge on any atom is -0.396 e. The average molecular weight is 223 g/mol. The Hall–Kier alpha value is -0.930. The number of unbranched alkanes of at least 4 members (excludes halogenated alkanes) is 1. The SMILES string of the molecule is OCCCCNC1CCc2cc(F)ccc21. The molecule has 0 bridgehead atoms. The molecular weight excluding hydrogens is 205 g/mol. The number of benzene rings is 1. The highest BCUT2D eigenvalue weighted by Crippen LogP contribution is 2.31. The number of rotatable bonds is 5. The van der Waals surface area contributed by atoms with E-state index in [1.54, 1.807) is 6.07 Å². The van der Waals surface area contributed by atoms with Gasteiger partial charge in [0.1, 0.15) is 5.82 Å². The highest BCUT2D eigenvalue weighted by atomic mass is 19.1. The van der Waals surface area contributed by atoms with E-state index in [0.717, 1.165) is 37.8 Å². The van der Waals surface area contributed by atoms with Gasteiger partial charge in [0.25, 0.3) is 0 Å². The molecule has 2 nitrogen and oxygen atoms in total. The lowest BCUT2D eigenvalue weighted by molar-refractivity contribution is 0.282. The van der Waals surface area contributed by atoms with Crippen LogP contribution in [-0.2, 0) is 6.42 Å². The van der Waals surface area contributed by atoms with Crippen molar-refractivity contribution in [2.75, 3.05) is 13.2 Å². The first-order valence-electron chi connectivity index (χ1n) is 5.94. The lowest BCUT2D eigenvalue weighted by Crippen LogP contribution is -2.20. The number of aliphatic hydroxyl groups excluding tert-OH is 1. The first-order chi connectivity index (χ1) is 7.81. The van der Waals surface area contributed by atoms with Crippen LogP contribution in [0.4, 0.5) is 4.39 Å². The van der Waals surface area contributed by atoms with E-state index in [0.29, 0.717) is 6.04 Å². The summed E-state index contributed by atoms with van der Waals surface area (Å²) >= 11 is 0. The predicted octanol–water partition coefficient (Wildman–Crippen LogP) is 2.18. The molecule has 0 heterocycles. The third-order valence-electron chi connectivity index (χ3n) is 3.16. The average Bonchev–Trinajstić information content (AvgIpc) is 2.67. The first-order valence-corrected chi connectivity index (χ1v) is 5.94. The summed E-state index contributed by atoms with van der Waals surface area (Å²) in [6.45, 7) is 1.18. The topological polar surface area (TPSA) is 32.3 Å². The Morgan fingerprint density at radius 2 is 2.25 bits per heavy atom. The fourth-order valence-corrected chi connectivity index (χ4v) is 2.31. The van der Waals surface area contributed by atoms with Crippen LogP contribution in [0.1, 0.15) is 36.4 Å². The predicted molar refractivity (Wildman–Crippen MR) is 61.8 cm³/mol. The molecule has 2 rings (SSSR count). The molecule has 0 amide bonds. The van der Waals surface area contributed by atoms with Gasteiger partial charge < -0.3 is 10.4 Å². The van der Waals surface area contributed by atoms with E-state index in [1.165, 1.54) is 11.6 Å². The Kier molecular flexibility index (Phi) is 3.91. The summed E-state index contributed by atoms with van der Waals surface area (Å²) in [5, 5.41) is 12.1. The third-order valence-corrected chi connectivity index (χ3v) is 3.16. The van der Waals surface area contributed by atoms with Gasteiger partial charge in [-0.25, -0.2) is 4.39 Å². The Balaban J connectivity index is 1.91. The van der Waals surface area contributed by atoms with E-state index in [4.69, 9.17) is 5.11 Å². The number of aryl methyl sites for hydroxylation is 1. The van der Waals surface area contributed by atoms with Crippen molar-refractivity contribution in [1.29, 1.82) is 0 Å². The molecule has 1 aromatic rings. The Morgan fingerprint density at radius 1 is 1.38 bits per heavy atom. The molecular formula is C13H18FNO. The number of hydrogen-bond donors (Lipinski definition) is 2. The van der Waals surface area contributed by atoms with Crippen molar-refractivity contribution in [3.63, 3.8) is 0 Å². The highest BCUT2D eigenvalue weighted by Gasteiger charge is 2.21. The van der Waals surface area contributed by atoms with Gasteiger partial charge in [0.15, 0.2) is 0 Å². The minimum absolute atomic E-state index is 0.139. The van der Waals surface area contributed by atoms with Crippen molar-refractivity contribution < 1.29 is 9.50 Å². The second kappa shape index (κ2) is 5.41. The molecule has 1 aliphatic carbocycles. The zero-order valence-corrected chi connectivity index (χ0v) is 9.38. The summed E-state index contributed by atoms with van der Waals surface area (Å²) in [6, 6.07) is 5.44. The van der Waals surface area contributed by atoms with E-state index in [9.17, 15) is 4.39 Å². The van der Waals surface area contributed by atoms with Crippen LogP contribution >= 0.6 is 0 Å². The number of hydrogen-bond acceptors (Lipinski definition) is 2. The maximum atomic E-state index is 13.0. The van der Waals surface area contributed by atoms with Gasteiger partial charge >= 0.3 is 0 Å². The molecule has 0 fully saturated rings. The second-order valence-electron chi connectivity index (χ2n) is 4.32. The molecule has 3 heteroatoms. The third kappa shape index (κ3) is 2.60. The standard InChI is InChI=1S/C13H18FNO/c14-11-4-5-12-10(9-11)3-6-13(12)15-7-1-2-8-16/h4-5,9,13,15-16H,1-3,6-8H2. The van der Waals surface area contributed by atoms with Crippen LogP contribution in [0.2, 0.25) is 0 Å².